The molecule has 3 rings (SSSR count). The first-order chi connectivity index (χ1) is 10.3. The van der Waals surface area contributed by atoms with Gasteiger partial charge >= 0.3 is 0 Å². The zero-order chi connectivity index (χ0) is 14.7. The molecule has 4 heteroatoms. The van der Waals surface area contributed by atoms with Crippen molar-refractivity contribution in [3.8, 4) is 0 Å². The third kappa shape index (κ3) is 3.04. The van der Waals surface area contributed by atoms with Gasteiger partial charge in [-0.25, -0.2) is 4.98 Å². The summed E-state index contributed by atoms with van der Waals surface area (Å²) in [4.78, 5) is 20.3. The van der Waals surface area contributed by atoms with Crippen LogP contribution in [0, 0.1) is 6.92 Å². The van der Waals surface area contributed by atoms with Crippen LogP contribution >= 0.6 is 0 Å². The Kier molecular flexibility index (Phi) is 4.42. The quantitative estimate of drug-likeness (QED) is 0.802. The standard InChI is InChI=1S/C17H25N3O/c1-14-11-15(16-7-3-6-10-20(16)13-21)12-18-17(14)19-8-4-2-5-9-19/h11-13,16H,2-10H2,1H3/t16-/m1/s1. The molecule has 2 saturated heterocycles. The van der Waals surface area contributed by atoms with Gasteiger partial charge in [-0.05, 0) is 62.6 Å². The average Bonchev–Trinajstić information content (AvgIpc) is 2.55. The molecule has 0 N–H and O–H groups in total. The summed E-state index contributed by atoms with van der Waals surface area (Å²) in [5.74, 6) is 1.13. The van der Waals surface area contributed by atoms with Crippen molar-refractivity contribution < 1.29 is 4.79 Å². The van der Waals surface area contributed by atoms with Gasteiger partial charge in [0.25, 0.3) is 0 Å². The largest absolute Gasteiger partial charge is 0.356 e. The fourth-order valence-corrected chi connectivity index (χ4v) is 3.65. The van der Waals surface area contributed by atoms with E-state index in [0.29, 0.717) is 0 Å². The lowest BCUT2D eigenvalue weighted by atomic mass is 9.96. The van der Waals surface area contributed by atoms with Crippen LogP contribution in [0.25, 0.3) is 0 Å². The molecule has 2 aliphatic rings. The second-order valence-corrected chi connectivity index (χ2v) is 6.31. The summed E-state index contributed by atoms with van der Waals surface area (Å²) in [6.07, 6.45) is 10.2. The van der Waals surface area contributed by atoms with E-state index in [1.807, 2.05) is 11.1 Å². The predicted octanol–water partition coefficient (Wildman–Crippen LogP) is 3.06. The number of nitrogens with zero attached hydrogens (tertiary/aromatic N) is 3. The van der Waals surface area contributed by atoms with E-state index in [9.17, 15) is 4.79 Å². The van der Waals surface area contributed by atoms with E-state index < -0.39 is 0 Å². The van der Waals surface area contributed by atoms with E-state index in [4.69, 9.17) is 4.98 Å². The molecule has 1 aromatic rings. The Morgan fingerprint density at radius 3 is 2.62 bits per heavy atom. The third-order valence-corrected chi connectivity index (χ3v) is 4.79. The first kappa shape index (κ1) is 14.4. The van der Waals surface area contributed by atoms with Crippen LogP contribution in [-0.4, -0.2) is 35.9 Å². The Balaban J connectivity index is 1.81. The molecule has 2 aliphatic heterocycles. The molecule has 0 aromatic carbocycles. The highest BCUT2D eigenvalue weighted by molar-refractivity contribution is 5.51. The molecule has 1 amide bonds. The zero-order valence-corrected chi connectivity index (χ0v) is 12.9. The highest BCUT2D eigenvalue weighted by Crippen LogP contribution is 2.31. The fourth-order valence-electron chi connectivity index (χ4n) is 3.65. The molecule has 114 valence electrons. The molecule has 4 nitrogen and oxygen atoms in total. The molecular weight excluding hydrogens is 262 g/mol. The van der Waals surface area contributed by atoms with Crippen LogP contribution in [0.4, 0.5) is 5.82 Å². The average molecular weight is 287 g/mol. The van der Waals surface area contributed by atoms with Crippen molar-refractivity contribution in [1.82, 2.24) is 9.88 Å². The number of anilines is 1. The van der Waals surface area contributed by atoms with Crippen molar-refractivity contribution in [2.24, 2.45) is 0 Å². The number of hydrogen-bond acceptors (Lipinski definition) is 3. The second kappa shape index (κ2) is 6.46. The molecule has 0 spiro atoms. The van der Waals surface area contributed by atoms with Crippen molar-refractivity contribution in [2.45, 2.75) is 51.5 Å². The van der Waals surface area contributed by atoms with Crippen LogP contribution in [0.15, 0.2) is 12.3 Å². The minimum absolute atomic E-state index is 0.220. The van der Waals surface area contributed by atoms with Gasteiger partial charge in [-0.15, -0.1) is 0 Å². The summed E-state index contributed by atoms with van der Waals surface area (Å²) in [7, 11) is 0. The highest BCUT2D eigenvalue weighted by Gasteiger charge is 2.24. The first-order valence-electron chi connectivity index (χ1n) is 8.22. The lowest BCUT2D eigenvalue weighted by Gasteiger charge is -2.34. The number of piperidine rings is 2. The third-order valence-electron chi connectivity index (χ3n) is 4.79. The Labute approximate surface area is 127 Å². The van der Waals surface area contributed by atoms with E-state index in [1.165, 1.54) is 36.8 Å². The smallest absolute Gasteiger partial charge is 0.210 e. The SMILES string of the molecule is Cc1cc([C@H]2CCCCN2C=O)cnc1N1CCCCC1. The van der Waals surface area contributed by atoms with Crippen molar-refractivity contribution >= 4 is 12.2 Å². The Morgan fingerprint density at radius 2 is 1.90 bits per heavy atom. The number of amides is 1. The molecule has 0 unspecified atom stereocenters. The van der Waals surface area contributed by atoms with Crippen LogP contribution in [0.5, 0.6) is 0 Å². The van der Waals surface area contributed by atoms with Gasteiger partial charge in [0.2, 0.25) is 6.41 Å². The molecule has 0 bridgehead atoms. The number of aromatic nitrogens is 1. The molecule has 1 atom stereocenters. The molecule has 0 aliphatic carbocycles. The minimum atomic E-state index is 0.220. The van der Waals surface area contributed by atoms with E-state index in [-0.39, 0.29) is 6.04 Å². The fraction of sp³-hybridized carbons (Fsp3) is 0.647. The van der Waals surface area contributed by atoms with Crippen molar-refractivity contribution in [3.63, 3.8) is 0 Å². The van der Waals surface area contributed by atoms with Crippen LogP contribution in [-0.2, 0) is 4.79 Å². The van der Waals surface area contributed by atoms with Crippen molar-refractivity contribution in [2.75, 3.05) is 24.5 Å². The van der Waals surface area contributed by atoms with E-state index in [1.54, 1.807) is 0 Å². The van der Waals surface area contributed by atoms with Crippen molar-refractivity contribution in [3.05, 3.63) is 23.4 Å². The molecule has 21 heavy (non-hydrogen) atoms. The van der Waals surface area contributed by atoms with E-state index in [2.05, 4.69) is 17.9 Å². The van der Waals surface area contributed by atoms with Crippen LogP contribution in [0.2, 0.25) is 0 Å². The van der Waals surface area contributed by atoms with Gasteiger partial charge in [-0.1, -0.05) is 0 Å². The normalized spacial score (nSPS) is 23.2. The summed E-state index contributed by atoms with van der Waals surface area (Å²) in [5, 5.41) is 0. The van der Waals surface area contributed by atoms with Crippen LogP contribution in [0.3, 0.4) is 0 Å². The molecule has 1 aromatic heterocycles. The van der Waals surface area contributed by atoms with Gasteiger partial charge < -0.3 is 9.80 Å². The number of pyridine rings is 1. The number of aryl methyl sites for hydroxylation is 1. The topological polar surface area (TPSA) is 36.4 Å². The van der Waals surface area contributed by atoms with Crippen LogP contribution < -0.4 is 4.90 Å². The Bertz CT molecular complexity index is 497. The second-order valence-electron chi connectivity index (χ2n) is 6.31. The summed E-state index contributed by atoms with van der Waals surface area (Å²) < 4.78 is 0. The maximum atomic E-state index is 11.2. The van der Waals surface area contributed by atoms with Crippen LogP contribution in [0.1, 0.15) is 55.7 Å². The zero-order valence-electron chi connectivity index (χ0n) is 12.9. The van der Waals surface area contributed by atoms with Gasteiger partial charge in [0, 0.05) is 25.8 Å². The minimum Gasteiger partial charge on any atom is -0.356 e. The molecule has 0 saturated carbocycles. The first-order valence-corrected chi connectivity index (χ1v) is 8.22. The molecule has 2 fully saturated rings. The maximum Gasteiger partial charge on any atom is 0.210 e. The van der Waals surface area contributed by atoms with Gasteiger partial charge in [-0.2, -0.15) is 0 Å². The van der Waals surface area contributed by atoms with Gasteiger partial charge in [0.05, 0.1) is 6.04 Å². The summed E-state index contributed by atoms with van der Waals surface area (Å²) >= 11 is 0. The summed E-state index contributed by atoms with van der Waals surface area (Å²) in [6, 6.07) is 2.46. The highest BCUT2D eigenvalue weighted by atomic mass is 16.1. The number of hydrogen-bond donors (Lipinski definition) is 0. The number of carbonyl (C=O) groups is 1. The maximum absolute atomic E-state index is 11.2. The van der Waals surface area contributed by atoms with E-state index >= 15 is 0 Å². The number of carbonyl (C=O) groups excluding carboxylic acids is 1. The summed E-state index contributed by atoms with van der Waals surface area (Å²) in [5.41, 5.74) is 2.44. The lowest BCUT2D eigenvalue weighted by molar-refractivity contribution is -0.121. The van der Waals surface area contributed by atoms with Crippen molar-refractivity contribution in [1.29, 1.82) is 0 Å². The molecular formula is C17H25N3O. The predicted molar refractivity (Wildman–Crippen MR) is 84.4 cm³/mol. The Morgan fingerprint density at radius 1 is 1.14 bits per heavy atom. The molecule has 0 radical (unpaired) electrons. The summed E-state index contributed by atoms with van der Waals surface area (Å²) in [6.45, 7) is 5.27. The molecule has 3 heterocycles. The number of rotatable bonds is 3. The number of likely N-dealkylation sites (tertiary alicyclic amines) is 1. The Hall–Kier alpha value is -1.58. The van der Waals surface area contributed by atoms with Gasteiger partial charge in [0.1, 0.15) is 5.82 Å². The lowest BCUT2D eigenvalue weighted by Crippen LogP contribution is -2.33. The van der Waals surface area contributed by atoms with Gasteiger partial charge in [0.15, 0.2) is 0 Å². The van der Waals surface area contributed by atoms with E-state index in [0.717, 1.165) is 44.7 Å². The van der Waals surface area contributed by atoms with Gasteiger partial charge in [-0.3, -0.25) is 4.79 Å². The monoisotopic (exact) mass is 287 g/mol.